The summed E-state index contributed by atoms with van der Waals surface area (Å²) < 4.78 is 32.9. The van der Waals surface area contributed by atoms with Crippen LogP contribution in [0.2, 0.25) is 0 Å². The summed E-state index contributed by atoms with van der Waals surface area (Å²) in [7, 11) is 7.91. The van der Waals surface area contributed by atoms with Crippen molar-refractivity contribution in [3.8, 4) is 11.4 Å². The summed E-state index contributed by atoms with van der Waals surface area (Å²) in [5.41, 5.74) is 28.5. The fraction of sp³-hybridized carbons (Fsp3) is 0.189. The van der Waals surface area contributed by atoms with Gasteiger partial charge >= 0.3 is 0 Å². The SMILES string of the molecule is Cc1cc(C)c(F)c(F)c1.Cc1cc(C)nc(C)c1.Cc1cc(C)nc(C)n1.Cc1cccc2ccccc12.Cc1cccc2nccnc12.Cc1ccnc(-c2ccccc2)n1.Cc1ccnc2cccnc12.Cc1ccnc2ncccc12.Cc1cncc2cccnc12.Cc1cncc2ccn(C)c12.Cc1nc(C)nc(C)n1.Cc1nccc2c1ccn2C.Cn1ccc(=O)c2ccccc21.Cn1nnc2ccccc21. The maximum Gasteiger partial charge on any atom is 0.189 e. The summed E-state index contributed by atoms with van der Waals surface area (Å²) in [6, 6.07) is 80.6. The van der Waals surface area contributed by atoms with Gasteiger partial charge in [0.05, 0.1) is 49.7 Å². The van der Waals surface area contributed by atoms with E-state index < -0.39 is 11.6 Å². The lowest BCUT2D eigenvalue weighted by molar-refractivity contribution is 0.502. The Bertz CT molecular complexity index is 7800. The van der Waals surface area contributed by atoms with Gasteiger partial charge in [0.1, 0.15) is 28.8 Å². The first kappa shape index (κ1) is 111. The van der Waals surface area contributed by atoms with E-state index in [-0.39, 0.29) is 5.43 Å². The summed E-state index contributed by atoms with van der Waals surface area (Å²) in [6.45, 7) is 37.2. The molecule has 0 amide bonds. The number of halogens is 2. The van der Waals surface area contributed by atoms with Gasteiger partial charge in [0.15, 0.2) is 28.5 Å². The van der Waals surface area contributed by atoms with E-state index in [9.17, 15) is 13.6 Å². The number of hydrogen-bond donors (Lipinski definition) is 0. The molecule has 0 fully saturated rings. The lowest BCUT2D eigenvalue weighted by Crippen LogP contribution is -2.04. The number of nitrogens with zero attached hydrogens (tertiary/aromatic N) is 24. The van der Waals surface area contributed by atoms with Gasteiger partial charge in [0.25, 0.3) is 0 Å². The standard InChI is InChI=1S/C11H10N2.C11H10.C10H9NO.2C9H10N2.4C9H8N2.C8H8F2.C8H11N.C7H7N3.C7H10N2.C6H9N3/c1-9-7-8-12-11(13-9)10-5-3-2-4-6-10;1-9-5-4-7-10-6-2-3-8-11(9)10;1-11-7-6-10(12)8-4-2-3-5-9(8)11;1-7-8-4-6-11(2)9(8)3-5-10-7;1-7-5-10-6-8-3-4-11(2)9(7)8;1-7-4-6-10-8-3-2-5-11-9(7)8;1-7-4-6-11-9-8(7)3-2-5-10-9;1-7-5-10-6-8-3-2-4-11-9(7)8;1-7-3-2-4-8-9(7)11-6-5-10-8;1-5-3-6(2)8(10)7(9)4-5;1-6-4-7(2)9-8(3)5-6;1-10-7-5-3-2-4-6(7)8-9-10;1-5-4-6(2)9-7(3)8-5;1-4-7-5(2)9-6(3)8-4/h2-8H,1H3;2-8H,1H3;2-7H,1H3;2*3-6H,1-2H3;4*2-6H,1H3;3-4H,1-2H3;4-5H,1-3H3;2-5H,1H3;4H,1-3H3;1-3H3. The van der Waals surface area contributed by atoms with Crippen LogP contribution in [-0.2, 0) is 28.2 Å². The molecule has 0 bridgehead atoms. The Labute approximate surface area is 868 Å². The zero-order valence-electron chi connectivity index (χ0n) is 88.8. The molecule has 0 aliphatic rings. The van der Waals surface area contributed by atoms with E-state index in [1.165, 1.54) is 72.0 Å². The maximum absolute atomic E-state index is 12.5. The van der Waals surface area contributed by atoms with Crippen LogP contribution in [0.5, 0.6) is 0 Å². The molecular weight excluding hydrogens is 1860 g/mol. The molecular formula is C122H126F2N24O. The molecule has 0 N–H and O–H groups in total. The summed E-state index contributed by atoms with van der Waals surface area (Å²) in [6.07, 6.45) is 29.3. The second-order valence-corrected chi connectivity index (χ2v) is 35.3. The van der Waals surface area contributed by atoms with Crippen LogP contribution in [0.1, 0.15) is 108 Å². The number of aryl methyl sites for hydroxylation is 23. The van der Waals surface area contributed by atoms with Crippen LogP contribution in [0.3, 0.4) is 0 Å². The zero-order chi connectivity index (χ0) is 107. The van der Waals surface area contributed by atoms with Gasteiger partial charge in [-0.05, 0) is 320 Å². The third-order valence-electron chi connectivity index (χ3n) is 22.8. The Morgan fingerprint density at radius 3 is 1.38 bits per heavy atom. The minimum absolute atomic E-state index is 0.0868. The fourth-order valence-corrected chi connectivity index (χ4v) is 15.8. The van der Waals surface area contributed by atoms with Crippen molar-refractivity contribution < 1.29 is 8.78 Å². The summed E-state index contributed by atoms with van der Waals surface area (Å²) in [5.74, 6) is 2.51. The van der Waals surface area contributed by atoms with Gasteiger partial charge < -0.3 is 13.7 Å². The minimum Gasteiger partial charge on any atom is -0.350 e. The summed E-state index contributed by atoms with van der Waals surface area (Å²) in [4.78, 5) is 86.1. The predicted molar refractivity (Wildman–Crippen MR) is 601 cm³/mol. The van der Waals surface area contributed by atoms with E-state index in [0.29, 0.717) is 5.56 Å². The van der Waals surface area contributed by atoms with Crippen molar-refractivity contribution in [2.45, 2.75) is 132 Å². The van der Waals surface area contributed by atoms with Gasteiger partial charge in [0.2, 0.25) is 0 Å². The Hall–Kier alpha value is -18.0. The van der Waals surface area contributed by atoms with E-state index in [0.717, 1.165) is 146 Å². The average Bonchev–Trinajstić information content (AvgIpc) is 1.77. The van der Waals surface area contributed by atoms with Gasteiger partial charge in [-0.1, -0.05) is 120 Å². The van der Waals surface area contributed by atoms with Crippen LogP contribution < -0.4 is 5.43 Å². The van der Waals surface area contributed by atoms with E-state index in [1.54, 1.807) is 86.4 Å². The smallest absolute Gasteiger partial charge is 0.189 e. The van der Waals surface area contributed by atoms with Crippen molar-refractivity contribution in [1.29, 1.82) is 0 Å². The van der Waals surface area contributed by atoms with Gasteiger partial charge in [-0.3, -0.25) is 49.7 Å². The third kappa shape index (κ3) is 33.8. The highest BCUT2D eigenvalue weighted by Gasteiger charge is 2.09. The van der Waals surface area contributed by atoms with E-state index in [2.05, 4.69) is 223 Å². The molecule has 24 aromatic rings. The number of rotatable bonds is 1. The van der Waals surface area contributed by atoms with Crippen LogP contribution in [-0.4, -0.2) is 118 Å². The number of hydrogen-bond acceptors (Lipinski definition) is 21. The van der Waals surface area contributed by atoms with Crippen LogP contribution >= 0.6 is 0 Å². The summed E-state index contributed by atoms with van der Waals surface area (Å²) >= 11 is 0. The molecule has 17 heterocycles. The lowest BCUT2D eigenvalue weighted by atomic mass is 10.1. The van der Waals surface area contributed by atoms with Crippen LogP contribution in [0.4, 0.5) is 8.78 Å². The van der Waals surface area contributed by atoms with E-state index in [1.807, 2.05) is 310 Å². The highest BCUT2D eigenvalue weighted by Crippen LogP contribution is 2.23. The molecule has 0 saturated heterocycles. The quantitative estimate of drug-likeness (QED) is 0.147. The molecule has 0 unspecified atom stereocenters. The van der Waals surface area contributed by atoms with Crippen LogP contribution in [0.25, 0.3) is 110 Å². The second-order valence-electron chi connectivity index (χ2n) is 35.3. The topological polar surface area (TPSA) is 295 Å². The molecule has 0 radical (unpaired) electrons. The molecule has 149 heavy (non-hydrogen) atoms. The first-order valence-corrected chi connectivity index (χ1v) is 48.4. The first-order chi connectivity index (χ1) is 71.6. The van der Waals surface area contributed by atoms with E-state index >= 15 is 0 Å². The minimum atomic E-state index is -0.766. The Kier molecular flexibility index (Phi) is 41.7. The Balaban J connectivity index is 0.000000152. The normalized spacial score (nSPS) is 10.2. The van der Waals surface area contributed by atoms with Gasteiger partial charge in [-0.15, -0.1) is 5.10 Å². The van der Waals surface area contributed by atoms with Crippen molar-refractivity contribution in [3.63, 3.8) is 0 Å². The van der Waals surface area contributed by atoms with Crippen LogP contribution in [0.15, 0.2) is 353 Å². The van der Waals surface area contributed by atoms with Crippen LogP contribution in [0, 0.1) is 143 Å². The zero-order valence-corrected chi connectivity index (χ0v) is 88.8. The maximum atomic E-state index is 12.5. The molecule has 7 aromatic carbocycles. The number of fused-ring (bicyclic) bond motifs is 9. The lowest BCUT2D eigenvalue weighted by Gasteiger charge is -2.02. The molecule has 0 aliphatic heterocycles. The second kappa shape index (κ2) is 55.7. The number of para-hydroxylation sites is 3. The molecule has 0 spiro atoms. The largest absolute Gasteiger partial charge is 0.350 e. The van der Waals surface area contributed by atoms with Crippen molar-refractivity contribution >= 4 is 98.5 Å². The van der Waals surface area contributed by atoms with Crippen molar-refractivity contribution in [1.82, 2.24) is 118 Å². The number of benzene rings is 7. The summed E-state index contributed by atoms with van der Waals surface area (Å²) in [5, 5.41) is 16.0. The Morgan fingerprint density at radius 1 is 0.275 bits per heavy atom. The van der Waals surface area contributed by atoms with Gasteiger partial charge in [-0.25, -0.2) is 58.3 Å². The third-order valence-corrected chi connectivity index (χ3v) is 22.8. The molecule has 24 rings (SSSR count). The molecule has 25 nitrogen and oxygen atoms in total. The molecule has 0 aliphatic carbocycles. The molecule has 17 aromatic heterocycles. The highest BCUT2D eigenvalue weighted by molar-refractivity contribution is 5.87. The highest BCUT2D eigenvalue weighted by atomic mass is 19.2. The predicted octanol–water partition coefficient (Wildman–Crippen LogP) is 26.4. The molecule has 0 atom stereocenters. The average molecular weight is 1980 g/mol. The first-order valence-electron chi connectivity index (χ1n) is 48.4. The van der Waals surface area contributed by atoms with Crippen molar-refractivity contribution in [2.24, 2.45) is 28.2 Å². The van der Waals surface area contributed by atoms with Crippen molar-refractivity contribution in [3.05, 3.63) is 477 Å². The fourth-order valence-electron chi connectivity index (χ4n) is 15.8. The number of aromatic nitrogens is 24. The molecule has 754 valence electrons. The molecule has 27 heteroatoms. The monoisotopic (exact) mass is 1980 g/mol. The van der Waals surface area contributed by atoms with Gasteiger partial charge in [0, 0.05) is 200 Å². The number of pyridine rings is 10. The van der Waals surface area contributed by atoms with Crippen molar-refractivity contribution in [2.75, 3.05) is 0 Å². The van der Waals surface area contributed by atoms with Gasteiger partial charge in [-0.2, -0.15) is 0 Å². The molecule has 0 saturated carbocycles. The van der Waals surface area contributed by atoms with E-state index in [4.69, 9.17) is 0 Å². The Morgan fingerprint density at radius 2 is 0.752 bits per heavy atom.